The van der Waals surface area contributed by atoms with Crippen LogP contribution >= 0.6 is 0 Å². The largest absolute Gasteiger partial charge is 0.305 e. The molecule has 0 saturated carbocycles. The highest BCUT2D eigenvalue weighted by Crippen LogP contribution is 1.66. The van der Waals surface area contributed by atoms with E-state index in [1.54, 1.807) is 7.11 Å². The predicted molar refractivity (Wildman–Crippen MR) is 28.5 cm³/mol. The smallest absolute Gasteiger partial charge is 0.0572 e. The van der Waals surface area contributed by atoms with Crippen molar-refractivity contribution >= 4 is 0 Å². The minimum atomic E-state index is 0.716. The molecule has 1 N–H and O–H groups in total. The summed E-state index contributed by atoms with van der Waals surface area (Å²) in [5, 5.41) is 0. The number of nitrogens with one attached hydrogen (secondary N) is 1. The van der Waals surface area contributed by atoms with E-state index in [0.717, 1.165) is 6.54 Å². The van der Waals surface area contributed by atoms with Crippen LogP contribution in [-0.2, 0) is 4.84 Å². The molecule has 0 aliphatic carbocycles. The molecule has 0 aromatic carbocycles. The highest BCUT2D eigenvalue weighted by atomic mass is 16.6. The number of hydrogen-bond donors (Lipinski definition) is 1. The summed E-state index contributed by atoms with van der Waals surface area (Å²) in [6.45, 7) is 0.729. The third kappa shape index (κ3) is 5.48. The molecule has 2 nitrogen and oxygen atoms in total. The molecule has 0 rings (SSSR count). The quantitative estimate of drug-likeness (QED) is 0.309. The van der Waals surface area contributed by atoms with Gasteiger partial charge >= 0.3 is 0 Å². The van der Waals surface area contributed by atoms with E-state index in [1.165, 1.54) is 0 Å². The number of hydroxylamine groups is 1. The summed E-state index contributed by atoms with van der Waals surface area (Å²) < 4.78 is 0. The number of terminal acetylenes is 1. The lowest BCUT2D eigenvalue weighted by atomic mass is 10.5. The molecule has 0 heterocycles. The van der Waals surface area contributed by atoms with Crippen LogP contribution in [-0.4, -0.2) is 13.7 Å². The molecule has 0 atom stereocenters. The van der Waals surface area contributed by atoms with E-state index in [-0.39, 0.29) is 0 Å². The fraction of sp³-hybridized carbons (Fsp3) is 0.600. The monoisotopic (exact) mass is 99.1 g/mol. The average Bonchev–Trinajstić information content (AvgIpc) is 1.69. The molecule has 0 aliphatic heterocycles. The summed E-state index contributed by atoms with van der Waals surface area (Å²) in [5.41, 5.74) is 2.61. The van der Waals surface area contributed by atoms with Crippen LogP contribution in [0.1, 0.15) is 6.42 Å². The van der Waals surface area contributed by atoms with Crippen molar-refractivity contribution in [1.82, 2.24) is 5.48 Å². The molecule has 0 radical (unpaired) electrons. The number of rotatable bonds is 3. The van der Waals surface area contributed by atoms with Gasteiger partial charge in [0.05, 0.1) is 7.11 Å². The van der Waals surface area contributed by atoms with Crippen molar-refractivity contribution in [2.45, 2.75) is 6.42 Å². The lowest BCUT2D eigenvalue weighted by molar-refractivity contribution is 0.0937. The molecular weight excluding hydrogens is 90.1 g/mol. The third-order valence-corrected chi connectivity index (χ3v) is 0.516. The zero-order valence-electron chi connectivity index (χ0n) is 4.40. The Bertz CT molecular complexity index is 65.0. The van der Waals surface area contributed by atoms with Crippen LogP contribution in [0.3, 0.4) is 0 Å². The van der Waals surface area contributed by atoms with Gasteiger partial charge in [0.15, 0.2) is 0 Å². The van der Waals surface area contributed by atoms with Gasteiger partial charge in [0, 0.05) is 13.0 Å². The zero-order valence-corrected chi connectivity index (χ0v) is 4.40. The van der Waals surface area contributed by atoms with Crippen LogP contribution in [0.25, 0.3) is 0 Å². The van der Waals surface area contributed by atoms with Crippen LogP contribution < -0.4 is 5.48 Å². The van der Waals surface area contributed by atoms with Crippen molar-refractivity contribution in [3.8, 4) is 12.3 Å². The van der Waals surface area contributed by atoms with Gasteiger partial charge < -0.3 is 4.84 Å². The molecule has 0 amide bonds. The van der Waals surface area contributed by atoms with Crippen LogP contribution in [0, 0.1) is 12.3 Å². The Morgan fingerprint density at radius 3 is 3.00 bits per heavy atom. The Hall–Kier alpha value is -0.520. The van der Waals surface area contributed by atoms with Gasteiger partial charge in [-0.1, -0.05) is 0 Å². The Balaban J connectivity index is 2.60. The molecule has 7 heavy (non-hydrogen) atoms. The van der Waals surface area contributed by atoms with E-state index >= 15 is 0 Å². The van der Waals surface area contributed by atoms with Gasteiger partial charge in [-0.2, -0.15) is 0 Å². The van der Waals surface area contributed by atoms with Gasteiger partial charge in [0.25, 0.3) is 0 Å². The van der Waals surface area contributed by atoms with Gasteiger partial charge in [-0.15, -0.1) is 12.3 Å². The molecule has 0 aliphatic rings. The predicted octanol–water partition coefficient (Wildman–Crippen LogP) is 0.161. The number of hydrogen-bond acceptors (Lipinski definition) is 2. The van der Waals surface area contributed by atoms with Gasteiger partial charge in [0.1, 0.15) is 0 Å². The summed E-state index contributed by atoms with van der Waals surface area (Å²) in [4.78, 5) is 4.50. The lowest BCUT2D eigenvalue weighted by Crippen LogP contribution is -2.11. The van der Waals surface area contributed by atoms with Crippen LogP contribution in [0.5, 0.6) is 0 Å². The van der Waals surface area contributed by atoms with Crippen molar-refractivity contribution in [3.63, 3.8) is 0 Å². The molecule has 40 valence electrons. The molecule has 0 bridgehead atoms. The average molecular weight is 99.1 g/mol. The Morgan fingerprint density at radius 1 is 1.86 bits per heavy atom. The van der Waals surface area contributed by atoms with E-state index in [0.29, 0.717) is 6.42 Å². The zero-order chi connectivity index (χ0) is 5.54. The first-order chi connectivity index (χ1) is 3.41. The first kappa shape index (κ1) is 6.48. The minimum Gasteiger partial charge on any atom is -0.305 e. The van der Waals surface area contributed by atoms with E-state index in [9.17, 15) is 0 Å². The molecule has 0 aromatic rings. The minimum absolute atomic E-state index is 0.716. The molecule has 0 spiro atoms. The maximum Gasteiger partial charge on any atom is 0.0572 e. The second kappa shape index (κ2) is 5.48. The van der Waals surface area contributed by atoms with Crippen LogP contribution in [0.15, 0.2) is 0 Å². The summed E-state index contributed by atoms with van der Waals surface area (Å²) in [5.74, 6) is 2.46. The summed E-state index contributed by atoms with van der Waals surface area (Å²) in [6.07, 6.45) is 5.64. The van der Waals surface area contributed by atoms with E-state index < -0.39 is 0 Å². The summed E-state index contributed by atoms with van der Waals surface area (Å²) in [7, 11) is 1.57. The topological polar surface area (TPSA) is 21.3 Å². The van der Waals surface area contributed by atoms with E-state index in [1.807, 2.05) is 0 Å². The second-order valence-corrected chi connectivity index (χ2v) is 1.05. The SMILES string of the molecule is C#CCCNOC. The normalized spacial score (nSPS) is 8.00. The van der Waals surface area contributed by atoms with Crippen LogP contribution in [0.2, 0.25) is 0 Å². The van der Waals surface area contributed by atoms with Crippen molar-refractivity contribution in [3.05, 3.63) is 0 Å². The van der Waals surface area contributed by atoms with Gasteiger partial charge in [0.2, 0.25) is 0 Å². The highest BCUT2D eigenvalue weighted by molar-refractivity contribution is 4.83. The van der Waals surface area contributed by atoms with Gasteiger partial charge in [-0.05, 0) is 0 Å². The van der Waals surface area contributed by atoms with Crippen molar-refractivity contribution in [2.24, 2.45) is 0 Å². The summed E-state index contributed by atoms with van der Waals surface area (Å²) in [6, 6.07) is 0. The maximum atomic E-state index is 4.92. The van der Waals surface area contributed by atoms with Crippen molar-refractivity contribution < 1.29 is 4.84 Å². The highest BCUT2D eigenvalue weighted by Gasteiger charge is 1.74. The third-order valence-electron chi connectivity index (χ3n) is 0.516. The Morgan fingerprint density at radius 2 is 2.57 bits per heavy atom. The van der Waals surface area contributed by atoms with Crippen molar-refractivity contribution in [2.75, 3.05) is 13.7 Å². The first-order valence-electron chi connectivity index (χ1n) is 2.11. The second-order valence-electron chi connectivity index (χ2n) is 1.05. The maximum absolute atomic E-state index is 4.92. The molecule has 0 unspecified atom stereocenters. The fourth-order valence-corrected chi connectivity index (χ4v) is 0.225. The Kier molecular flexibility index (Phi) is 5.07. The lowest BCUT2D eigenvalue weighted by Gasteiger charge is -1.92. The molecule has 0 fully saturated rings. The molecule has 2 heteroatoms. The standard InChI is InChI=1S/C5H9NO/c1-3-4-5-6-7-2/h1,6H,4-5H2,2H3. The van der Waals surface area contributed by atoms with Gasteiger partial charge in [-0.3, -0.25) is 0 Å². The molecule has 0 saturated heterocycles. The van der Waals surface area contributed by atoms with Crippen molar-refractivity contribution in [1.29, 1.82) is 0 Å². The van der Waals surface area contributed by atoms with E-state index in [4.69, 9.17) is 6.42 Å². The first-order valence-corrected chi connectivity index (χ1v) is 2.11. The Labute approximate surface area is 43.8 Å². The molecule has 0 aromatic heterocycles. The summed E-state index contributed by atoms with van der Waals surface area (Å²) >= 11 is 0. The van der Waals surface area contributed by atoms with Gasteiger partial charge in [-0.25, -0.2) is 5.48 Å². The van der Waals surface area contributed by atoms with E-state index in [2.05, 4.69) is 16.2 Å². The fourth-order valence-electron chi connectivity index (χ4n) is 0.225. The van der Waals surface area contributed by atoms with Crippen LogP contribution in [0.4, 0.5) is 0 Å². The molecular formula is C5H9NO.